The van der Waals surface area contributed by atoms with Crippen LogP contribution < -0.4 is 4.90 Å². The number of carbonyl (C=O) groups excluding carboxylic acids is 2. The quantitative estimate of drug-likeness (QED) is 0.841. The van der Waals surface area contributed by atoms with Crippen LogP contribution in [0.15, 0.2) is 12.1 Å². The van der Waals surface area contributed by atoms with Crippen LogP contribution >= 0.6 is 0 Å². The van der Waals surface area contributed by atoms with Gasteiger partial charge in [0.15, 0.2) is 0 Å². The first-order chi connectivity index (χ1) is 13.4. The summed E-state index contributed by atoms with van der Waals surface area (Å²) in [6.45, 7) is 7.16. The lowest BCUT2D eigenvalue weighted by Gasteiger charge is -2.42. The summed E-state index contributed by atoms with van der Waals surface area (Å²) in [4.78, 5) is 31.7. The number of piperidine rings is 1. The lowest BCUT2D eigenvalue weighted by molar-refractivity contribution is -0.126. The molecule has 4 rings (SSSR count). The number of aromatic nitrogens is 4. The molecule has 1 unspecified atom stereocenters. The number of aromatic amines is 1. The van der Waals surface area contributed by atoms with Gasteiger partial charge in [-0.1, -0.05) is 0 Å². The Hall–Kier alpha value is -2.68. The van der Waals surface area contributed by atoms with Gasteiger partial charge in [0.2, 0.25) is 5.91 Å². The fourth-order valence-corrected chi connectivity index (χ4v) is 4.20. The smallest absolute Gasteiger partial charge is 0.274 e. The number of hydrogen-bond acceptors (Lipinski definition) is 5. The number of carbonyl (C=O) groups is 2. The van der Waals surface area contributed by atoms with Gasteiger partial charge in [-0.3, -0.25) is 29.2 Å². The van der Waals surface area contributed by atoms with E-state index in [1.54, 1.807) is 10.7 Å². The largest absolute Gasteiger partial charge is 0.335 e. The fourth-order valence-electron chi connectivity index (χ4n) is 4.20. The summed E-state index contributed by atoms with van der Waals surface area (Å²) in [6, 6.07) is 3.60. The van der Waals surface area contributed by atoms with Gasteiger partial charge in [-0.15, -0.1) is 0 Å². The van der Waals surface area contributed by atoms with E-state index in [0.29, 0.717) is 31.9 Å². The molecular formula is C19H27N7O2. The molecule has 28 heavy (non-hydrogen) atoms. The van der Waals surface area contributed by atoms with Gasteiger partial charge in [-0.2, -0.15) is 10.2 Å². The molecule has 2 saturated heterocycles. The summed E-state index contributed by atoms with van der Waals surface area (Å²) in [5.41, 5.74) is 2.24. The minimum atomic E-state index is -0.131. The number of amides is 2. The minimum absolute atomic E-state index is 0.0500. The van der Waals surface area contributed by atoms with E-state index in [9.17, 15) is 9.59 Å². The molecule has 2 aromatic rings. The van der Waals surface area contributed by atoms with Crippen molar-refractivity contribution in [3.05, 3.63) is 29.2 Å². The molecule has 9 nitrogen and oxygen atoms in total. The summed E-state index contributed by atoms with van der Waals surface area (Å²) in [5, 5.41) is 11.3. The molecule has 2 aliphatic heterocycles. The van der Waals surface area contributed by atoms with Crippen molar-refractivity contribution in [3.8, 4) is 0 Å². The third-order valence-electron chi connectivity index (χ3n) is 5.63. The number of H-pyrrole nitrogens is 1. The monoisotopic (exact) mass is 385 g/mol. The average molecular weight is 385 g/mol. The average Bonchev–Trinajstić information content (AvgIpc) is 3.26. The topological polar surface area (TPSA) is 90.4 Å². The molecule has 0 bridgehead atoms. The van der Waals surface area contributed by atoms with Crippen LogP contribution in [0, 0.1) is 13.8 Å². The van der Waals surface area contributed by atoms with Crippen LogP contribution in [-0.2, 0) is 11.8 Å². The molecule has 2 aromatic heterocycles. The van der Waals surface area contributed by atoms with E-state index >= 15 is 0 Å². The number of aryl methyl sites for hydroxylation is 3. The Kier molecular flexibility index (Phi) is 4.92. The van der Waals surface area contributed by atoms with Gasteiger partial charge in [-0.05, 0) is 32.8 Å². The zero-order chi connectivity index (χ0) is 19.8. The molecule has 0 spiro atoms. The lowest BCUT2D eigenvalue weighted by Crippen LogP contribution is -2.58. The molecule has 2 amide bonds. The number of piperazine rings is 1. The maximum absolute atomic E-state index is 13.2. The Balaban J connectivity index is 1.40. The molecule has 2 fully saturated rings. The summed E-state index contributed by atoms with van der Waals surface area (Å²) in [7, 11) is 1.88. The molecule has 9 heteroatoms. The van der Waals surface area contributed by atoms with Gasteiger partial charge in [0.25, 0.3) is 5.91 Å². The molecule has 0 saturated carbocycles. The predicted molar refractivity (Wildman–Crippen MR) is 104 cm³/mol. The van der Waals surface area contributed by atoms with Crippen molar-refractivity contribution in [1.29, 1.82) is 0 Å². The first-order valence-electron chi connectivity index (χ1n) is 9.81. The molecule has 0 radical (unpaired) electrons. The first kappa shape index (κ1) is 18.7. The molecular weight excluding hydrogens is 358 g/mol. The molecule has 1 N–H and O–H groups in total. The zero-order valence-electron chi connectivity index (χ0n) is 16.7. The van der Waals surface area contributed by atoms with Crippen molar-refractivity contribution in [2.75, 3.05) is 37.6 Å². The Bertz CT molecular complexity index is 879. The summed E-state index contributed by atoms with van der Waals surface area (Å²) in [6.07, 6.45) is 1.82. The second kappa shape index (κ2) is 7.38. The van der Waals surface area contributed by atoms with Gasteiger partial charge < -0.3 is 4.90 Å². The van der Waals surface area contributed by atoms with E-state index in [-0.39, 0.29) is 17.9 Å². The number of nitrogens with zero attached hydrogens (tertiary/aromatic N) is 6. The third-order valence-corrected chi connectivity index (χ3v) is 5.63. The number of rotatable bonds is 3. The van der Waals surface area contributed by atoms with Crippen LogP contribution in [0.1, 0.15) is 34.7 Å². The Morgan fingerprint density at radius 1 is 1.14 bits per heavy atom. The molecule has 0 aromatic carbocycles. The van der Waals surface area contributed by atoms with Crippen molar-refractivity contribution in [1.82, 2.24) is 29.8 Å². The van der Waals surface area contributed by atoms with Crippen LogP contribution in [0.25, 0.3) is 0 Å². The SMILES string of the molecule is Cc1cc(N2CCCC(N3CCN(C(=O)c4cc(C)[nH]n4)CC3)C2=O)n(C)n1. The van der Waals surface area contributed by atoms with E-state index < -0.39 is 0 Å². The van der Waals surface area contributed by atoms with E-state index in [0.717, 1.165) is 36.6 Å². The van der Waals surface area contributed by atoms with Crippen molar-refractivity contribution >= 4 is 17.6 Å². The molecule has 2 aliphatic rings. The van der Waals surface area contributed by atoms with Gasteiger partial charge >= 0.3 is 0 Å². The Morgan fingerprint density at radius 2 is 1.89 bits per heavy atom. The highest BCUT2D eigenvalue weighted by atomic mass is 16.2. The van der Waals surface area contributed by atoms with Crippen LogP contribution in [0.5, 0.6) is 0 Å². The molecule has 1 atom stereocenters. The second-order valence-corrected chi connectivity index (χ2v) is 7.68. The predicted octanol–water partition coefficient (Wildman–Crippen LogP) is 0.713. The van der Waals surface area contributed by atoms with Gasteiger partial charge in [0.05, 0.1) is 11.7 Å². The third kappa shape index (κ3) is 3.42. The first-order valence-corrected chi connectivity index (χ1v) is 9.81. The Labute approximate surface area is 164 Å². The number of hydrogen-bond donors (Lipinski definition) is 1. The van der Waals surface area contributed by atoms with E-state index in [1.165, 1.54) is 0 Å². The van der Waals surface area contributed by atoms with Crippen LogP contribution in [-0.4, -0.2) is 80.4 Å². The van der Waals surface area contributed by atoms with E-state index in [1.807, 2.05) is 36.8 Å². The highest BCUT2D eigenvalue weighted by Gasteiger charge is 2.37. The van der Waals surface area contributed by atoms with Gasteiger partial charge in [-0.25, -0.2) is 0 Å². The lowest BCUT2D eigenvalue weighted by atomic mass is 10.0. The van der Waals surface area contributed by atoms with Crippen LogP contribution in [0.2, 0.25) is 0 Å². The van der Waals surface area contributed by atoms with Crippen LogP contribution in [0.4, 0.5) is 5.82 Å². The minimum Gasteiger partial charge on any atom is -0.335 e. The number of anilines is 1. The summed E-state index contributed by atoms with van der Waals surface area (Å²) < 4.78 is 1.78. The van der Waals surface area contributed by atoms with Crippen molar-refractivity contribution in [2.24, 2.45) is 7.05 Å². The molecule has 4 heterocycles. The molecule has 150 valence electrons. The Morgan fingerprint density at radius 3 is 2.50 bits per heavy atom. The highest BCUT2D eigenvalue weighted by molar-refractivity contribution is 5.97. The molecule has 0 aliphatic carbocycles. The van der Waals surface area contributed by atoms with Gasteiger partial charge in [0.1, 0.15) is 11.5 Å². The maximum atomic E-state index is 13.2. The normalized spacial score (nSPS) is 21.4. The summed E-state index contributed by atoms with van der Waals surface area (Å²) in [5.74, 6) is 0.942. The maximum Gasteiger partial charge on any atom is 0.274 e. The number of nitrogens with one attached hydrogen (secondary N) is 1. The highest BCUT2D eigenvalue weighted by Crippen LogP contribution is 2.25. The summed E-state index contributed by atoms with van der Waals surface area (Å²) >= 11 is 0. The standard InChI is InChI=1S/C19H27N7O2/c1-13-11-15(21-20-13)18(27)25-9-7-24(8-10-25)16-5-4-6-26(19(16)28)17-12-14(2)22-23(17)3/h11-12,16H,4-10H2,1-3H3,(H,20,21). The van der Waals surface area contributed by atoms with Crippen molar-refractivity contribution in [2.45, 2.75) is 32.7 Å². The fraction of sp³-hybridized carbons (Fsp3) is 0.579. The second-order valence-electron chi connectivity index (χ2n) is 7.68. The van der Waals surface area contributed by atoms with Crippen LogP contribution in [0.3, 0.4) is 0 Å². The van der Waals surface area contributed by atoms with E-state index in [2.05, 4.69) is 20.2 Å². The van der Waals surface area contributed by atoms with Crippen molar-refractivity contribution in [3.63, 3.8) is 0 Å². The van der Waals surface area contributed by atoms with E-state index in [4.69, 9.17) is 0 Å². The van der Waals surface area contributed by atoms with Crippen molar-refractivity contribution < 1.29 is 9.59 Å². The van der Waals surface area contributed by atoms with Gasteiger partial charge in [0, 0.05) is 51.5 Å². The zero-order valence-corrected chi connectivity index (χ0v) is 16.7.